The number of nitrogens with zero attached hydrogens (tertiary/aromatic N) is 6. The van der Waals surface area contributed by atoms with Crippen molar-refractivity contribution in [2.45, 2.75) is 32.0 Å². The fraction of sp³-hybridized carbons (Fsp3) is 0.647. The van der Waals surface area contributed by atoms with Crippen LogP contribution in [0, 0.1) is 11.8 Å². The zero-order chi connectivity index (χ0) is 18.1. The van der Waals surface area contributed by atoms with E-state index in [2.05, 4.69) is 30.4 Å². The van der Waals surface area contributed by atoms with Crippen molar-refractivity contribution < 1.29 is 4.79 Å². The van der Waals surface area contributed by atoms with Crippen molar-refractivity contribution in [1.29, 1.82) is 0 Å². The maximum absolute atomic E-state index is 12.6. The Morgan fingerprint density at radius 2 is 2.35 bits per heavy atom. The summed E-state index contributed by atoms with van der Waals surface area (Å²) in [5.41, 5.74) is 0.992. The van der Waals surface area contributed by atoms with E-state index in [-0.39, 0.29) is 11.8 Å². The van der Waals surface area contributed by atoms with E-state index in [1.807, 2.05) is 30.4 Å². The highest BCUT2D eigenvalue weighted by molar-refractivity contribution is 7.13. The minimum Gasteiger partial charge on any atom is -0.303 e. The van der Waals surface area contributed by atoms with Crippen LogP contribution in [0.3, 0.4) is 0 Å². The van der Waals surface area contributed by atoms with E-state index in [0.717, 1.165) is 44.7 Å². The largest absolute Gasteiger partial charge is 0.303 e. The molecule has 0 aromatic carbocycles. The van der Waals surface area contributed by atoms with Crippen molar-refractivity contribution in [3.63, 3.8) is 0 Å². The number of anilines is 1. The molecular weight excluding hydrogens is 350 g/mol. The summed E-state index contributed by atoms with van der Waals surface area (Å²) in [4.78, 5) is 21.3. The molecule has 0 aliphatic carbocycles. The predicted octanol–water partition coefficient (Wildman–Crippen LogP) is 1.15. The maximum atomic E-state index is 12.6. The summed E-state index contributed by atoms with van der Waals surface area (Å²) in [7, 11) is 4.06. The third kappa shape index (κ3) is 3.79. The molecule has 26 heavy (non-hydrogen) atoms. The van der Waals surface area contributed by atoms with Crippen LogP contribution in [0.5, 0.6) is 0 Å². The molecule has 0 radical (unpaired) electrons. The average Bonchev–Trinajstić information content (AvgIpc) is 3.27. The molecule has 2 aromatic rings. The lowest BCUT2D eigenvalue weighted by atomic mass is 9.75. The first-order valence-electron chi connectivity index (χ1n) is 9.06. The van der Waals surface area contributed by atoms with Gasteiger partial charge >= 0.3 is 0 Å². The monoisotopic (exact) mass is 375 g/mol. The van der Waals surface area contributed by atoms with Gasteiger partial charge in [0.2, 0.25) is 5.91 Å². The number of fused-ring (bicyclic) bond motifs is 3. The fourth-order valence-corrected chi connectivity index (χ4v) is 4.68. The van der Waals surface area contributed by atoms with Gasteiger partial charge in [0.15, 0.2) is 5.13 Å². The number of hydrogen-bond donors (Lipinski definition) is 1. The molecule has 3 aliphatic heterocycles. The topological polar surface area (TPSA) is 79.2 Å². The van der Waals surface area contributed by atoms with Crippen molar-refractivity contribution in [3.05, 3.63) is 23.5 Å². The zero-order valence-electron chi connectivity index (χ0n) is 15.2. The highest BCUT2D eigenvalue weighted by Crippen LogP contribution is 2.37. The van der Waals surface area contributed by atoms with Crippen molar-refractivity contribution in [2.75, 3.05) is 32.5 Å². The van der Waals surface area contributed by atoms with Gasteiger partial charge in [-0.05, 0) is 39.4 Å². The molecule has 0 spiro atoms. The summed E-state index contributed by atoms with van der Waals surface area (Å²) in [5, 5.41) is 14.1. The lowest BCUT2D eigenvalue weighted by Gasteiger charge is -2.49. The predicted molar refractivity (Wildman–Crippen MR) is 99.7 cm³/mol. The van der Waals surface area contributed by atoms with Gasteiger partial charge in [0.1, 0.15) is 0 Å². The summed E-state index contributed by atoms with van der Waals surface area (Å²) < 4.78 is 1.95. The Kier molecular flexibility index (Phi) is 5.01. The summed E-state index contributed by atoms with van der Waals surface area (Å²) in [6.45, 7) is 3.54. The van der Waals surface area contributed by atoms with E-state index in [0.29, 0.717) is 17.1 Å². The molecular formula is C17H25N7OS. The van der Waals surface area contributed by atoms with Crippen LogP contribution in [-0.2, 0) is 17.9 Å². The second-order valence-corrected chi connectivity index (χ2v) is 8.43. The van der Waals surface area contributed by atoms with Crippen LogP contribution >= 0.6 is 11.3 Å². The molecule has 3 aliphatic rings. The molecule has 0 saturated carbocycles. The molecule has 2 bridgehead atoms. The quantitative estimate of drug-likeness (QED) is 0.816. The molecule has 4 atom stereocenters. The van der Waals surface area contributed by atoms with Gasteiger partial charge in [-0.2, -0.15) is 0 Å². The van der Waals surface area contributed by atoms with Gasteiger partial charge in [-0.15, -0.1) is 16.4 Å². The van der Waals surface area contributed by atoms with Crippen molar-refractivity contribution in [2.24, 2.45) is 11.8 Å². The summed E-state index contributed by atoms with van der Waals surface area (Å²) in [5.74, 6) is 0.612. The zero-order valence-corrected chi connectivity index (χ0v) is 16.0. The van der Waals surface area contributed by atoms with E-state index >= 15 is 0 Å². The minimum atomic E-state index is 0.0592. The smallest absolute Gasteiger partial charge is 0.230 e. The van der Waals surface area contributed by atoms with Crippen molar-refractivity contribution in [1.82, 2.24) is 29.8 Å². The Hall–Kier alpha value is -1.84. The Morgan fingerprint density at radius 3 is 3.04 bits per heavy atom. The summed E-state index contributed by atoms with van der Waals surface area (Å²) >= 11 is 1.47. The second-order valence-electron chi connectivity index (χ2n) is 7.54. The van der Waals surface area contributed by atoms with Crippen LogP contribution in [0.15, 0.2) is 17.8 Å². The van der Waals surface area contributed by atoms with Gasteiger partial charge in [-0.25, -0.2) is 4.98 Å². The molecule has 5 rings (SSSR count). The van der Waals surface area contributed by atoms with Crippen LogP contribution in [-0.4, -0.2) is 68.9 Å². The Labute approximate surface area is 157 Å². The number of piperidine rings is 3. The van der Waals surface area contributed by atoms with Gasteiger partial charge in [-0.1, -0.05) is 5.21 Å². The molecule has 140 valence electrons. The normalized spacial score (nSPS) is 27.8. The number of rotatable bonds is 6. The fourth-order valence-electron chi connectivity index (χ4n) is 4.15. The van der Waals surface area contributed by atoms with Crippen LogP contribution in [0.4, 0.5) is 5.13 Å². The molecule has 1 unspecified atom stereocenters. The van der Waals surface area contributed by atoms with Crippen molar-refractivity contribution in [3.8, 4) is 0 Å². The van der Waals surface area contributed by atoms with Gasteiger partial charge < -0.3 is 10.2 Å². The number of carbonyl (C=O) groups is 1. The maximum Gasteiger partial charge on any atom is 0.230 e. The van der Waals surface area contributed by atoms with E-state index in [9.17, 15) is 4.79 Å². The third-order valence-corrected chi connectivity index (χ3v) is 6.03. The number of thiazole rings is 1. The Morgan fingerprint density at radius 1 is 1.46 bits per heavy atom. The molecule has 2 aromatic heterocycles. The number of aromatic nitrogens is 4. The Bertz CT molecular complexity index is 744. The molecule has 1 amide bonds. The summed E-state index contributed by atoms with van der Waals surface area (Å²) in [6, 6.07) is 0.437. The highest BCUT2D eigenvalue weighted by Gasteiger charge is 2.43. The number of amides is 1. The molecule has 3 saturated heterocycles. The van der Waals surface area contributed by atoms with Crippen molar-refractivity contribution >= 4 is 22.4 Å². The second kappa shape index (κ2) is 7.42. The average molecular weight is 376 g/mol. The molecule has 3 fully saturated rings. The highest BCUT2D eigenvalue weighted by atomic mass is 32.1. The van der Waals surface area contributed by atoms with Crippen LogP contribution < -0.4 is 5.32 Å². The van der Waals surface area contributed by atoms with Gasteiger partial charge in [-0.3, -0.25) is 14.4 Å². The Balaban J connectivity index is 1.36. The lowest BCUT2D eigenvalue weighted by molar-refractivity contribution is -0.127. The van der Waals surface area contributed by atoms with E-state index in [4.69, 9.17) is 0 Å². The number of carbonyl (C=O) groups excluding carboxylic acids is 1. The molecule has 1 N–H and O–H groups in total. The molecule has 8 nitrogen and oxygen atoms in total. The molecule has 9 heteroatoms. The molecule has 5 heterocycles. The first kappa shape index (κ1) is 17.6. The lowest BCUT2D eigenvalue weighted by Crippen LogP contribution is -2.57. The number of hydrogen-bond acceptors (Lipinski definition) is 7. The third-order valence-electron chi connectivity index (χ3n) is 5.34. The van der Waals surface area contributed by atoms with Gasteiger partial charge in [0.25, 0.3) is 0 Å². The SMILES string of the molecule is CN(C)Cc1cn(C[C@H]2C[C@@H]3CCN2C[C@@H]3C(=O)Nc2nccs2)nn1. The van der Waals surface area contributed by atoms with Gasteiger partial charge in [0, 0.05) is 36.9 Å². The van der Waals surface area contributed by atoms with E-state index in [1.165, 1.54) is 11.3 Å². The first-order valence-corrected chi connectivity index (χ1v) is 9.94. The van der Waals surface area contributed by atoms with Crippen LogP contribution in [0.2, 0.25) is 0 Å². The number of nitrogens with one attached hydrogen (secondary N) is 1. The van der Waals surface area contributed by atoms with Crippen LogP contribution in [0.1, 0.15) is 18.5 Å². The summed E-state index contributed by atoms with van der Waals surface area (Å²) in [6.07, 6.45) is 5.89. The van der Waals surface area contributed by atoms with E-state index in [1.54, 1.807) is 6.20 Å². The van der Waals surface area contributed by atoms with Crippen LogP contribution in [0.25, 0.3) is 0 Å². The van der Waals surface area contributed by atoms with Gasteiger partial charge in [0.05, 0.1) is 18.2 Å². The standard InChI is InChI=1S/C17H25N7OS/c1-22(2)8-13-9-24(21-20-13)10-14-7-12-3-5-23(14)11-15(12)16(25)19-17-18-4-6-26-17/h4,6,9,12,14-15H,3,5,7-8,10-11H2,1-2H3,(H,18,19,25)/t12-,14+,15-/m0/s1. The minimum absolute atomic E-state index is 0.0592. The first-order chi connectivity index (χ1) is 12.6. The van der Waals surface area contributed by atoms with E-state index < -0.39 is 0 Å².